The molecule has 2 aliphatic rings. The molecule has 1 heterocycles. The molecule has 1 aliphatic carbocycles. The van der Waals surface area contributed by atoms with Crippen LogP contribution in [0.1, 0.15) is 46.5 Å². The molecule has 126 valence electrons. The van der Waals surface area contributed by atoms with E-state index in [-0.39, 0.29) is 18.0 Å². The van der Waals surface area contributed by atoms with E-state index >= 15 is 0 Å². The van der Waals surface area contributed by atoms with Crippen LogP contribution in [0.4, 0.5) is 4.79 Å². The third-order valence-corrected chi connectivity index (χ3v) is 4.41. The van der Waals surface area contributed by atoms with Gasteiger partial charge in [-0.1, -0.05) is 6.42 Å². The Morgan fingerprint density at radius 1 is 1.23 bits per heavy atom. The molecular weight excluding hydrogens is 282 g/mol. The zero-order valence-corrected chi connectivity index (χ0v) is 14.0. The Bertz CT molecular complexity index is 415. The first-order chi connectivity index (χ1) is 10.3. The molecule has 1 saturated heterocycles. The molecule has 0 aromatic carbocycles. The minimum Gasteiger partial charge on any atom is -0.444 e. The fourth-order valence-electron chi connectivity index (χ4n) is 2.94. The second-order valence-corrected chi connectivity index (χ2v) is 7.40. The molecule has 1 aliphatic heterocycles. The summed E-state index contributed by atoms with van der Waals surface area (Å²) in [6.07, 6.45) is 3.87. The van der Waals surface area contributed by atoms with Gasteiger partial charge in [-0.2, -0.15) is 0 Å². The molecule has 1 atom stereocenters. The number of carbonyl (C=O) groups is 2. The highest BCUT2D eigenvalue weighted by Crippen LogP contribution is 2.30. The summed E-state index contributed by atoms with van der Waals surface area (Å²) in [6, 6.07) is -0.103. The van der Waals surface area contributed by atoms with Crippen LogP contribution in [-0.2, 0) is 9.53 Å². The summed E-state index contributed by atoms with van der Waals surface area (Å²) in [6.45, 7) is 7.45. The van der Waals surface area contributed by atoms with Crippen LogP contribution in [0.15, 0.2) is 0 Å². The van der Waals surface area contributed by atoms with Gasteiger partial charge >= 0.3 is 6.09 Å². The van der Waals surface area contributed by atoms with Crippen molar-refractivity contribution in [3.8, 4) is 0 Å². The molecule has 1 unspecified atom stereocenters. The van der Waals surface area contributed by atoms with Crippen LogP contribution < -0.4 is 5.73 Å². The van der Waals surface area contributed by atoms with Gasteiger partial charge in [0.25, 0.3) is 0 Å². The van der Waals surface area contributed by atoms with Crippen molar-refractivity contribution in [3.05, 3.63) is 0 Å². The maximum Gasteiger partial charge on any atom is 0.410 e. The zero-order chi connectivity index (χ0) is 16.3. The molecule has 2 amide bonds. The monoisotopic (exact) mass is 311 g/mol. The van der Waals surface area contributed by atoms with E-state index in [2.05, 4.69) is 0 Å². The molecule has 2 rings (SSSR count). The second-order valence-electron chi connectivity index (χ2n) is 7.40. The number of nitrogens with zero attached hydrogens (tertiary/aromatic N) is 2. The molecule has 0 spiro atoms. The maximum absolute atomic E-state index is 12.4. The van der Waals surface area contributed by atoms with Crippen molar-refractivity contribution in [2.45, 2.75) is 58.1 Å². The normalized spacial score (nSPS) is 23.2. The van der Waals surface area contributed by atoms with Crippen molar-refractivity contribution in [2.24, 2.45) is 11.7 Å². The Hall–Kier alpha value is -1.30. The number of amides is 2. The van der Waals surface area contributed by atoms with E-state index in [9.17, 15) is 9.59 Å². The molecular formula is C16H29N3O3. The van der Waals surface area contributed by atoms with Crippen LogP contribution in [0.3, 0.4) is 0 Å². The molecule has 0 radical (unpaired) electrons. The lowest BCUT2D eigenvalue weighted by Gasteiger charge is -2.42. The van der Waals surface area contributed by atoms with Gasteiger partial charge in [-0.05, 0) is 39.5 Å². The summed E-state index contributed by atoms with van der Waals surface area (Å²) in [7, 11) is 0. The van der Waals surface area contributed by atoms with Crippen molar-refractivity contribution in [2.75, 3.05) is 26.2 Å². The number of piperazine rings is 1. The van der Waals surface area contributed by atoms with Crippen LogP contribution >= 0.6 is 0 Å². The van der Waals surface area contributed by atoms with E-state index in [1.165, 1.54) is 6.42 Å². The van der Waals surface area contributed by atoms with Crippen LogP contribution in [0, 0.1) is 5.92 Å². The zero-order valence-electron chi connectivity index (χ0n) is 14.0. The number of hydrogen-bond acceptors (Lipinski definition) is 4. The van der Waals surface area contributed by atoms with Crippen LogP contribution in [-0.4, -0.2) is 59.6 Å². The maximum atomic E-state index is 12.4. The van der Waals surface area contributed by atoms with Gasteiger partial charge in [-0.15, -0.1) is 0 Å². The standard InChI is InChI=1S/C16H29N3O3/c1-16(2,3)22-15(21)18-7-8-19(13(10-17)11-18)14(20)9-12-5-4-6-12/h12-13H,4-11,17H2,1-3H3. The van der Waals surface area contributed by atoms with Crippen molar-refractivity contribution in [1.29, 1.82) is 0 Å². The Morgan fingerprint density at radius 3 is 2.41 bits per heavy atom. The number of rotatable bonds is 3. The first-order valence-electron chi connectivity index (χ1n) is 8.27. The molecule has 0 aromatic heterocycles. The van der Waals surface area contributed by atoms with E-state index < -0.39 is 5.60 Å². The predicted octanol–water partition coefficient (Wildman–Crippen LogP) is 1.58. The van der Waals surface area contributed by atoms with Gasteiger partial charge in [-0.3, -0.25) is 4.79 Å². The van der Waals surface area contributed by atoms with Crippen LogP contribution in [0.2, 0.25) is 0 Å². The molecule has 1 saturated carbocycles. The van der Waals surface area contributed by atoms with Gasteiger partial charge in [0.05, 0.1) is 6.04 Å². The molecule has 2 N–H and O–H groups in total. The summed E-state index contributed by atoms with van der Waals surface area (Å²) in [5.74, 6) is 0.735. The first-order valence-corrected chi connectivity index (χ1v) is 8.27. The fraction of sp³-hybridized carbons (Fsp3) is 0.875. The second kappa shape index (κ2) is 6.86. The molecule has 6 heteroatoms. The third-order valence-electron chi connectivity index (χ3n) is 4.41. The highest BCUT2D eigenvalue weighted by Gasteiger charge is 2.34. The van der Waals surface area contributed by atoms with E-state index in [4.69, 9.17) is 10.5 Å². The van der Waals surface area contributed by atoms with Crippen molar-refractivity contribution >= 4 is 12.0 Å². The summed E-state index contributed by atoms with van der Waals surface area (Å²) in [5, 5.41) is 0. The average molecular weight is 311 g/mol. The lowest BCUT2D eigenvalue weighted by Crippen LogP contribution is -2.59. The first kappa shape index (κ1) is 17.1. The van der Waals surface area contributed by atoms with Crippen LogP contribution in [0.5, 0.6) is 0 Å². The number of nitrogens with two attached hydrogens (primary N) is 1. The minimum atomic E-state index is -0.507. The summed E-state index contributed by atoms with van der Waals surface area (Å²) in [4.78, 5) is 28.1. The number of carbonyl (C=O) groups excluding carboxylic acids is 2. The van der Waals surface area contributed by atoms with Gasteiger partial charge in [0.2, 0.25) is 5.91 Å². The van der Waals surface area contributed by atoms with Crippen LogP contribution in [0.25, 0.3) is 0 Å². The largest absolute Gasteiger partial charge is 0.444 e. The molecule has 0 bridgehead atoms. The minimum absolute atomic E-state index is 0.103. The quantitative estimate of drug-likeness (QED) is 0.858. The average Bonchev–Trinajstić information content (AvgIpc) is 2.40. The summed E-state index contributed by atoms with van der Waals surface area (Å²) >= 11 is 0. The van der Waals surface area contributed by atoms with Crippen molar-refractivity contribution in [3.63, 3.8) is 0 Å². The number of hydrogen-bond donors (Lipinski definition) is 1. The predicted molar refractivity (Wildman–Crippen MR) is 84.3 cm³/mol. The SMILES string of the molecule is CC(C)(C)OC(=O)N1CCN(C(=O)CC2CCC2)C(CN)C1. The smallest absolute Gasteiger partial charge is 0.410 e. The van der Waals surface area contributed by atoms with Gasteiger partial charge < -0.3 is 20.3 Å². The van der Waals surface area contributed by atoms with Gasteiger partial charge in [0.1, 0.15) is 5.60 Å². The van der Waals surface area contributed by atoms with E-state index in [1.807, 2.05) is 25.7 Å². The Kier molecular flexibility index (Phi) is 5.32. The lowest BCUT2D eigenvalue weighted by atomic mass is 9.82. The Labute approximate surface area is 132 Å². The number of ether oxygens (including phenoxy) is 1. The highest BCUT2D eigenvalue weighted by atomic mass is 16.6. The van der Waals surface area contributed by atoms with Gasteiger partial charge in [0.15, 0.2) is 0 Å². The molecule has 22 heavy (non-hydrogen) atoms. The highest BCUT2D eigenvalue weighted by molar-refractivity contribution is 5.77. The fourth-order valence-corrected chi connectivity index (χ4v) is 2.94. The molecule has 6 nitrogen and oxygen atoms in total. The van der Waals surface area contributed by atoms with E-state index in [0.29, 0.717) is 38.5 Å². The van der Waals surface area contributed by atoms with E-state index in [1.54, 1.807) is 4.90 Å². The molecule has 0 aromatic rings. The van der Waals surface area contributed by atoms with Gasteiger partial charge in [0, 0.05) is 32.6 Å². The van der Waals surface area contributed by atoms with Crippen molar-refractivity contribution < 1.29 is 14.3 Å². The van der Waals surface area contributed by atoms with Gasteiger partial charge in [-0.25, -0.2) is 4.79 Å². The van der Waals surface area contributed by atoms with Crippen molar-refractivity contribution in [1.82, 2.24) is 9.80 Å². The Morgan fingerprint density at radius 2 is 1.91 bits per heavy atom. The lowest BCUT2D eigenvalue weighted by molar-refractivity contribution is -0.137. The topological polar surface area (TPSA) is 75.9 Å². The third kappa shape index (κ3) is 4.35. The van der Waals surface area contributed by atoms with E-state index in [0.717, 1.165) is 12.8 Å². The summed E-state index contributed by atoms with van der Waals surface area (Å²) < 4.78 is 5.40. The molecule has 2 fully saturated rings. The Balaban J connectivity index is 1.89. The summed E-state index contributed by atoms with van der Waals surface area (Å²) in [5.41, 5.74) is 5.32.